The van der Waals surface area contributed by atoms with Gasteiger partial charge in [-0.2, -0.15) is 0 Å². The molecular formula is C8H7N3O3. The van der Waals surface area contributed by atoms with E-state index in [1.54, 1.807) is 18.2 Å². The van der Waals surface area contributed by atoms with Crippen molar-refractivity contribution in [2.75, 3.05) is 11.1 Å². The van der Waals surface area contributed by atoms with Gasteiger partial charge < -0.3 is 15.4 Å². The van der Waals surface area contributed by atoms with Crippen molar-refractivity contribution in [3.8, 4) is 0 Å². The second kappa shape index (κ2) is 2.91. The minimum absolute atomic E-state index is 0.153. The molecule has 1 aromatic carbocycles. The minimum atomic E-state index is -1.19. The van der Waals surface area contributed by atoms with Gasteiger partial charge in [0, 0.05) is 5.69 Å². The average Bonchev–Trinajstić information content (AvgIpc) is 2.47. The molecule has 6 heteroatoms. The Balaban J connectivity index is 2.55. The predicted octanol–water partition coefficient (Wildman–Crippen LogP) is 1.50. The summed E-state index contributed by atoms with van der Waals surface area (Å²) >= 11 is 0. The molecule has 0 spiro atoms. The first kappa shape index (κ1) is 8.36. The highest BCUT2D eigenvalue weighted by Crippen LogP contribution is 2.24. The van der Waals surface area contributed by atoms with Gasteiger partial charge in [0.05, 0.1) is 5.39 Å². The largest absolute Gasteiger partial charge is 0.465 e. The molecule has 1 aromatic heterocycles. The van der Waals surface area contributed by atoms with Gasteiger partial charge in [0.1, 0.15) is 0 Å². The van der Waals surface area contributed by atoms with Crippen LogP contribution in [-0.2, 0) is 0 Å². The lowest BCUT2D eigenvalue weighted by Crippen LogP contribution is -2.07. The average molecular weight is 193 g/mol. The lowest BCUT2D eigenvalue weighted by Gasteiger charge is -1.94. The second-order valence-electron chi connectivity index (χ2n) is 2.72. The van der Waals surface area contributed by atoms with Crippen molar-refractivity contribution in [3.63, 3.8) is 0 Å². The zero-order valence-corrected chi connectivity index (χ0v) is 7.02. The number of nitrogen functional groups attached to an aromatic ring is 1. The number of nitrogens with one attached hydrogen (secondary N) is 1. The Morgan fingerprint density at radius 2 is 2.36 bits per heavy atom. The summed E-state index contributed by atoms with van der Waals surface area (Å²) in [7, 11) is 0. The SMILES string of the molecule is Nc1ccc2onc(NC(=O)O)c2c1. The van der Waals surface area contributed by atoms with E-state index in [1.165, 1.54) is 0 Å². The summed E-state index contributed by atoms with van der Waals surface area (Å²) < 4.78 is 4.87. The number of fused-ring (bicyclic) bond motifs is 1. The van der Waals surface area contributed by atoms with Crippen LogP contribution in [0.25, 0.3) is 11.0 Å². The number of hydrogen-bond donors (Lipinski definition) is 3. The van der Waals surface area contributed by atoms with E-state index in [0.29, 0.717) is 16.7 Å². The molecule has 1 amide bonds. The molecule has 2 aromatic rings. The van der Waals surface area contributed by atoms with Gasteiger partial charge in [-0.05, 0) is 18.2 Å². The first-order valence-electron chi connectivity index (χ1n) is 3.81. The summed E-state index contributed by atoms with van der Waals surface area (Å²) in [6.45, 7) is 0. The predicted molar refractivity (Wildman–Crippen MR) is 50.1 cm³/mol. The smallest absolute Gasteiger partial charge is 0.410 e. The van der Waals surface area contributed by atoms with Gasteiger partial charge in [0.15, 0.2) is 11.4 Å². The molecule has 0 aliphatic rings. The summed E-state index contributed by atoms with van der Waals surface area (Å²) in [4.78, 5) is 10.4. The van der Waals surface area contributed by atoms with E-state index in [2.05, 4.69) is 10.5 Å². The van der Waals surface area contributed by atoms with E-state index in [1.807, 2.05) is 0 Å². The van der Waals surface area contributed by atoms with E-state index < -0.39 is 6.09 Å². The zero-order valence-electron chi connectivity index (χ0n) is 7.02. The number of hydrogen-bond acceptors (Lipinski definition) is 4. The van der Waals surface area contributed by atoms with E-state index in [4.69, 9.17) is 15.4 Å². The van der Waals surface area contributed by atoms with Crippen LogP contribution in [0.2, 0.25) is 0 Å². The molecule has 0 fully saturated rings. The Kier molecular flexibility index (Phi) is 1.74. The number of nitrogens with zero attached hydrogens (tertiary/aromatic N) is 1. The highest BCUT2D eigenvalue weighted by atomic mass is 16.5. The van der Waals surface area contributed by atoms with Crippen LogP contribution < -0.4 is 11.1 Å². The molecule has 14 heavy (non-hydrogen) atoms. The summed E-state index contributed by atoms with van der Waals surface area (Å²) in [5, 5.41) is 14.7. The Labute approximate surface area is 78.3 Å². The molecular weight excluding hydrogens is 186 g/mol. The Morgan fingerprint density at radius 3 is 3.07 bits per heavy atom. The maximum Gasteiger partial charge on any atom is 0.410 e. The van der Waals surface area contributed by atoms with Crippen molar-refractivity contribution in [2.45, 2.75) is 0 Å². The van der Waals surface area contributed by atoms with E-state index in [9.17, 15) is 4.79 Å². The van der Waals surface area contributed by atoms with Gasteiger partial charge >= 0.3 is 6.09 Å². The lowest BCUT2D eigenvalue weighted by molar-refractivity contribution is 0.209. The maximum atomic E-state index is 10.4. The monoisotopic (exact) mass is 193 g/mol. The quantitative estimate of drug-likeness (QED) is 0.595. The third-order valence-corrected chi connectivity index (χ3v) is 1.72. The Hall–Kier alpha value is -2.24. The van der Waals surface area contributed by atoms with Crippen LogP contribution in [-0.4, -0.2) is 16.4 Å². The molecule has 0 saturated carbocycles. The van der Waals surface area contributed by atoms with Gasteiger partial charge in [-0.3, -0.25) is 5.32 Å². The van der Waals surface area contributed by atoms with E-state index >= 15 is 0 Å². The van der Waals surface area contributed by atoms with E-state index in [-0.39, 0.29) is 5.82 Å². The van der Waals surface area contributed by atoms with Crippen LogP contribution in [0.3, 0.4) is 0 Å². The number of aromatic nitrogens is 1. The van der Waals surface area contributed by atoms with Crippen molar-refractivity contribution < 1.29 is 14.4 Å². The van der Waals surface area contributed by atoms with Crippen LogP contribution in [0.1, 0.15) is 0 Å². The number of anilines is 2. The molecule has 2 rings (SSSR count). The molecule has 0 saturated heterocycles. The number of carbonyl (C=O) groups is 1. The standard InChI is InChI=1S/C8H7N3O3/c9-4-1-2-6-5(3-4)7(11-14-6)10-8(12)13/h1-3H,9H2,(H,10,11)(H,12,13). The Bertz CT molecular complexity index is 492. The lowest BCUT2D eigenvalue weighted by atomic mass is 10.2. The summed E-state index contributed by atoms with van der Waals surface area (Å²) in [5.41, 5.74) is 6.55. The van der Waals surface area contributed by atoms with Crippen molar-refractivity contribution in [3.05, 3.63) is 18.2 Å². The molecule has 0 radical (unpaired) electrons. The Morgan fingerprint density at radius 1 is 1.57 bits per heavy atom. The van der Waals surface area contributed by atoms with E-state index in [0.717, 1.165) is 0 Å². The fraction of sp³-hybridized carbons (Fsp3) is 0. The van der Waals surface area contributed by atoms with Gasteiger partial charge in [0.2, 0.25) is 0 Å². The molecule has 1 heterocycles. The molecule has 4 N–H and O–H groups in total. The van der Waals surface area contributed by atoms with Crippen LogP contribution >= 0.6 is 0 Å². The zero-order chi connectivity index (χ0) is 10.1. The molecule has 0 bridgehead atoms. The fourth-order valence-electron chi connectivity index (χ4n) is 1.15. The summed E-state index contributed by atoms with van der Waals surface area (Å²) in [6.07, 6.45) is -1.19. The highest BCUT2D eigenvalue weighted by molar-refractivity contribution is 5.96. The molecule has 72 valence electrons. The van der Waals surface area contributed by atoms with Crippen LogP contribution in [0, 0.1) is 0 Å². The fourth-order valence-corrected chi connectivity index (χ4v) is 1.15. The topological polar surface area (TPSA) is 101 Å². The summed E-state index contributed by atoms with van der Waals surface area (Å²) in [5.74, 6) is 0.153. The third kappa shape index (κ3) is 1.33. The molecule has 0 atom stereocenters. The number of rotatable bonds is 1. The van der Waals surface area contributed by atoms with Gasteiger partial charge in [-0.1, -0.05) is 5.16 Å². The molecule has 6 nitrogen and oxygen atoms in total. The molecule has 0 aliphatic carbocycles. The number of carboxylic acid groups (broad SMARTS) is 1. The summed E-state index contributed by atoms with van der Waals surface area (Å²) in [6, 6.07) is 4.87. The highest BCUT2D eigenvalue weighted by Gasteiger charge is 2.09. The van der Waals surface area contributed by atoms with Crippen LogP contribution in [0.4, 0.5) is 16.3 Å². The van der Waals surface area contributed by atoms with Crippen molar-refractivity contribution in [1.82, 2.24) is 5.16 Å². The first-order chi connectivity index (χ1) is 6.66. The van der Waals surface area contributed by atoms with Gasteiger partial charge in [0.25, 0.3) is 0 Å². The van der Waals surface area contributed by atoms with Crippen molar-refractivity contribution in [2.24, 2.45) is 0 Å². The van der Waals surface area contributed by atoms with Crippen LogP contribution in [0.5, 0.6) is 0 Å². The molecule has 0 unspecified atom stereocenters. The van der Waals surface area contributed by atoms with Crippen molar-refractivity contribution >= 4 is 28.6 Å². The maximum absolute atomic E-state index is 10.4. The third-order valence-electron chi connectivity index (χ3n) is 1.72. The number of nitrogens with two attached hydrogens (primary N) is 1. The van der Waals surface area contributed by atoms with Crippen LogP contribution in [0.15, 0.2) is 22.7 Å². The second-order valence-corrected chi connectivity index (χ2v) is 2.72. The number of amides is 1. The first-order valence-corrected chi connectivity index (χ1v) is 3.81. The molecule has 0 aliphatic heterocycles. The minimum Gasteiger partial charge on any atom is -0.465 e. The van der Waals surface area contributed by atoms with Gasteiger partial charge in [-0.15, -0.1) is 0 Å². The normalized spacial score (nSPS) is 10.3. The van der Waals surface area contributed by atoms with Gasteiger partial charge in [-0.25, -0.2) is 4.79 Å². The van der Waals surface area contributed by atoms with Crippen molar-refractivity contribution in [1.29, 1.82) is 0 Å². The number of benzene rings is 1.